The van der Waals surface area contributed by atoms with E-state index in [1.54, 1.807) is 0 Å². The van der Waals surface area contributed by atoms with Crippen LogP contribution in [0.5, 0.6) is 0 Å². The zero-order valence-corrected chi connectivity index (χ0v) is 17.0. The summed E-state index contributed by atoms with van der Waals surface area (Å²) in [5.74, 6) is -3.22. The van der Waals surface area contributed by atoms with Crippen molar-refractivity contribution in [3.05, 3.63) is 115 Å². The zero-order valence-electron chi connectivity index (χ0n) is 15.4. The van der Waals surface area contributed by atoms with Crippen LogP contribution in [-0.2, 0) is 13.2 Å². The summed E-state index contributed by atoms with van der Waals surface area (Å²) in [7, 11) is 2.09. The summed E-state index contributed by atoms with van der Waals surface area (Å²) < 4.78 is 2.18. The van der Waals surface area contributed by atoms with Crippen molar-refractivity contribution in [3.63, 3.8) is 0 Å². The standard InChI is InChI=1S/C24H23ClNP/c1-26-19-11-12-21(26)20-27(25,22-13-5-2-6-14-22,23-15-7-3-8-16-23)24-17-9-4-10-18-24/h2-19H,20H2,1H3. The second-order valence-corrected chi connectivity index (χ2v) is 13.4. The Morgan fingerprint density at radius 3 is 1.37 bits per heavy atom. The Morgan fingerprint density at radius 1 is 0.630 bits per heavy atom. The van der Waals surface area contributed by atoms with Gasteiger partial charge in [0, 0.05) is 0 Å². The molecule has 1 nitrogen and oxygen atoms in total. The van der Waals surface area contributed by atoms with Gasteiger partial charge < -0.3 is 0 Å². The number of hydrogen-bond donors (Lipinski definition) is 0. The molecule has 0 N–H and O–H groups in total. The number of rotatable bonds is 5. The third-order valence-corrected chi connectivity index (χ3v) is 12.6. The summed E-state index contributed by atoms with van der Waals surface area (Å²) in [6.07, 6.45) is 2.86. The van der Waals surface area contributed by atoms with E-state index in [2.05, 4.69) is 121 Å². The van der Waals surface area contributed by atoms with Gasteiger partial charge in [-0.2, -0.15) is 0 Å². The van der Waals surface area contributed by atoms with Crippen LogP contribution in [-0.4, -0.2) is 4.57 Å². The molecule has 0 amide bonds. The van der Waals surface area contributed by atoms with Gasteiger partial charge in [-0.1, -0.05) is 0 Å². The van der Waals surface area contributed by atoms with E-state index in [0.29, 0.717) is 0 Å². The molecule has 0 atom stereocenters. The molecule has 0 bridgehead atoms. The normalized spacial score (nSPS) is 13.0. The van der Waals surface area contributed by atoms with Crippen molar-refractivity contribution in [3.8, 4) is 0 Å². The van der Waals surface area contributed by atoms with E-state index in [4.69, 9.17) is 11.2 Å². The van der Waals surface area contributed by atoms with Crippen molar-refractivity contribution in [2.75, 3.05) is 0 Å². The summed E-state index contributed by atoms with van der Waals surface area (Å²) in [5, 5.41) is 3.59. The Morgan fingerprint density at radius 2 is 1.04 bits per heavy atom. The second kappa shape index (κ2) is 7.00. The molecule has 0 saturated carbocycles. The average molecular weight is 392 g/mol. The molecule has 0 radical (unpaired) electrons. The van der Waals surface area contributed by atoms with Gasteiger partial charge in [0.1, 0.15) is 0 Å². The van der Waals surface area contributed by atoms with Crippen molar-refractivity contribution in [2.45, 2.75) is 6.16 Å². The van der Waals surface area contributed by atoms with Gasteiger partial charge in [0.15, 0.2) is 0 Å². The third-order valence-electron chi connectivity index (χ3n) is 5.39. The topological polar surface area (TPSA) is 4.93 Å². The summed E-state index contributed by atoms with van der Waals surface area (Å²) in [4.78, 5) is 0. The van der Waals surface area contributed by atoms with Gasteiger partial charge in [0.25, 0.3) is 0 Å². The van der Waals surface area contributed by atoms with Crippen LogP contribution >= 0.6 is 17.2 Å². The first-order chi connectivity index (χ1) is 13.1. The fraction of sp³-hybridized carbons (Fsp3) is 0.0833. The number of nitrogens with zero attached hydrogens (tertiary/aromatic N) is 1. The van der Waals surface area contributed by atoms with Gasteiger partial charge in [-0.15, -0.1) is 0 Å². The molecule has 27 heavy (non-hydrogen) atoms. The van der Waals surface area contributed by atoms with E-state index in [9.17, 15) is 0 Å². The van der Waals surface area contributed by atoms with Gasteiger partial charge in [0.05, 0.1) is 0 Å². The molecule has 1 heterocycles. The Labute approximate surface area is 166 Å². The molecule has 4 aromatic rings. The molecule has 0 unspecified atom stereocenters. The van der Waals surface area contributed by atoms with Crippen molar-refractivity contribution < 1.29 is 0 Å². The molecule has 0 aliphatic heterocycles. The second-order valence-electron chi connectivity index (χ2n) is 6.96. The Hall–Kier alpha value is -2.34. The first-order valence-electron chi connectivity index (χ1n) is 9.13. The number of aryl methyl sites for hydroxylation is 1. The molecular formula is C24H23ClNP. The molecule has 0 aliphatic rings. The predicted octanol–water partition coefficient (Wildman–Crippen LogP) is 5.21. The molecule has 0 aliphatic carbocycles. The van der Waals surface area contributed by atoms with Gasteiger partial charge >= 0.3 is 166 Å². The van der Waals surface area contributed by atoms with Crippen molar-refractivity contribution in [2.24, 2.45) is 7.05 Å². The van der Waals surface area contributed by atoms with Crippen LogP contribution < -0.4 is 15.9 Å². The van der Waals surface area contributed by atoms with Crippen LogP contribution in [0.2, 0.25) is 0 Å². The first kappa shape index (κ1) is 18.0. The number of halogens is 1. The van der Waals surface area contributed by atoms with Crippen LogP contribution in [0.4, 0.5) is 0 Å². The minimum atomic E-state index is -3.22. The maximum absolute atomic E-state index is 8.05. The van der Waals surface area contributed by atoms with Crippen LogP contribution in [0.3, 0.4) is 0 Å². The SMILES string of the molecule is Cn1cccc1CP(Cl)(c1ccccc1)(c1ccccc1)c1ccccc1. The van der Waals surface area contributed by atoms with E-state index in [-0.39, 0.29) is 0 Å². The van der Waals surface area contributed by atoms with Crippen LogP contribution in [0.1, 0.15) is 5.69 Å². The van der Waals surface area contributed by atoms with Gasteiger partial charge in [0.2, 0.25) is 0 Å². The molecule has 136 valence electrons. The Bertz CT molecular complexity index is 926. The summed E-state index contributed by atoms with van der Waals surface area (Å²) >= 11 is 8.05. The first-order valence-corrected chi connectivity index (χ1v) is 12.5. The summed E-state index contributed by atoms with van der Waals surface area (Å²) in [6.45, 7) is 0. The summed E-state index contributed by atoms with van der Waals surface area (Å²) in [5.41, 5.74) is 1.24. The number of hydrogen-bond acceptors (Lipinski definition) is 0. The molecule has 0 spiro atoms. The quantitative estimate of drug-likeness (QED) is 0.412. The Balaban J connectivity index is 2.11. The van der Waals surface area contributed by atoms with E-state index in [0.717, 1.165) is 6.16 Å². The third kappa shape index (κ3) is 2.92. The monoisotopic (exact) mass is 391 g/mol. The molecular weight excluding hydrogens is 369 g/mol. The van der Waals surface area contributed by atoms with Gasteiger partial charge in [-0.05, 0) is 0 Å². The minimum absolute atomic E-state index is 0.773. The van der Waals surface area contributed by atoms with Crippen LogP contribution in [0, 0.1) is 0 Å². The fourth-order valence-corrected chi connectivity index (χ4v) is 10.0. The van der Waals surface area contributed by atoms with Crippen molar-refractivity contribution in [1.29, 1.82) is 0 Å². The summed E-state index contributed by atoms with van der Waals surface area (Å²) in [6, 6.07) is 36.1. The molecule has 1 aromatic heterocycles. The van der Waals surface area contributed by atoms with Crippen molar-refractivity contribution in [1.82, 2.24) is 4.57 Å². The molecule has 4 rings (SSSR count). The Kier molecular flexibility index (Phi) is 4.68. The number of benzene rings is 3. The number of aromatic nitrogens is 1. The van der Waals surface area contributed by atoms with E-state index in [1.807, 2.05) is 0 Å². The van der Waals surface area contributed by atoms with Gasteiger partial charge in [-0.3, -0.25) is 0 Å². The molecule has 3 heteroatoms. The fourth-order valence-electron chi connectivity index (χ4n) is 3.90. The van der Waals surface area contributed by atoms with E-state index in [1.165, 1.54) is 21.6 Å². The van der Waals surface area contributed by atoms with Crippen molar-refractivity contribution >= 4 is 33.1 Å². The van der Waals surface area contributed by atoms with E-state index >= 15 is 0 Å². The van der Waals surface area contributed by atoms with Crippen LogP contribution in [0.25, 0.3) is 0 Å². The molecule has 3 aromatic carbocycles. The zero-order chi connectivity index (χ0) is 18.8. The van der Waals surface area contributed by atoms with Crippen LogP contribution in [0.15, 0.2) is 109 Å². The van der Waals surface area contributed by atoms with Gasteiger partial charge in [-0.25, -0.2) is 0 Å². The molecule has 0 fully saturated rings. The van der Waals surface area contributed by atoms with E-state index < -0.39 is 5.96 Å². The molecule has 0 saturated heterocycles. The maximum atomic E-state index is 8.05. The predicted molar refractivity (Wildman–Crippen MR) is 120 cm³/mol. The average Bonchev–Trinajstić information content (AvgIpc) is 3.14.